The van der Waals surface area contributed by atoms with Crippen LogP contribution in [-0.2, 0) is 11.3 Å². The van der Waals surface area contributed by atoms with E-state index in [1.54, 1.807) is 20.0 Å². The van der Waals surface area contributed by atoms with Crippen molar-refractivity contribution < 1.29 is 9.90 Å². The number of benzene rings is 1. The van der Waals surface area contributed by atoms with Crippen molar-refractivity contribution in [3.63, 3.8) is 0 Å². The van der Waals surface area contributed by atoms with E-state index in [-0.39, 0.29) is 0 Å². The first-order valence-corrected chi connectivity index (χ1v) is 8.19. The number of rotatable bonds is 4. The Balaban J connectivity index is 2.09. The molecule has 3 rings (SSSR count). The normalized spacial score (nSPS) is 13.3. The molecule has 1 aliphatic rings. The van der Waals surface area contributed by atoms with Gasteiger partial charge in [0, 0.05) is 29.4 Å². The Bertz CT molecular complexity index is 784. The van der Waals surface area contributed by atoms with Gasteiger partial charge in [0.1, 0.15) is 4.75 Å². The number of fused-ring (bicyclic) bond motifs is 1. The van der Waals surface area contributed by atoms with Crippen LogP contribution in [0.4, 0.5) is 0 Å². The number of hydrogen-bond donors (Lipinski definition) is 2. The lowest BCUT2D eigenvalue weighted by atomic mass is 9.95. The van der Waals surface area contributed by atoms with E-state index in [1.807, 2.05) is 24.5 Å². The average Bonchev–Trinajstić information content (AvgIpc) is 2.54. The number of thioether (sulfide) groups is 1. The number of nitrogens with one attached hydrogen (secondary N) is 1. The largest absolute Gasteiger partial charge is 0.480 e. The van der Waals surface area contributed by atoms with Gasteiger partial charge in [-0.3, -0.25) is 9.78 Å². The summed E-state index contributed by atoms with van der Waals surface area (Å²) in [5.74, 6) is -0.829. The second-order valence-corrected chi connectivity index (χ2v) is 7.55. The van der Waals surface area contributed by atoms with Crippen LogP contribution in [0, 0.1) is 0 Å². The fourth-order valence-electron chi connectivity index (χ4n) is 2.50. The maximum absolute atomic E-state index is 11.4. The Morgan fingerprint density at radius 1 is 1.30 bits per heavy atom. The molecule has 2 aromatic rings. The van der Waals surface area contributed by atoms with Crippen LogP contribution in [0.5, 0.6) is 0 Å². The van der Waals surface area contributed by atoms with Gasteiger partial charge in [0.05, 0.1) is 0 Å². The molecular weight excluding hydrogens is 308 g/mol. The molecule has 0 amide bonds. The topological polar surface area (TPSA) is 62.2 Å². The van der Waals surface area contributed by atoms with E-state index in [1.165, 1.54) is 17.3 Å². The Kier molecular flexibility index (Phi) is 4.13. The summed E-state index contributed by atoms with van der Waals surface area (Å²) in [6.07, 6.45) is 7.51. The number of carboxylic acids is 1. The quantitative estimate of drug-likeness (QED) is 0.837. The Morgan fingerprint density at radius 3 is 2.91 bits per heavy atom. The highest BCUT2D eigenvalue weighted by Gasteiger charge is 2.29. The second kappa shape index (κ2) is 6.08. The summed E-state index contributed by atoms with van der Waals surface area (Å²) in [5.41, 5.74) is 4.43. The van der Waals surface area contributed by atoms with Crippen molar-refractivity contribution in [2.75, 3.05) is 0 Å². The molecule has 0 unspecified atom stereocenters. The van der Waals surface area contributed by atoms with Crippen LogP contribution in [0.15, 0.2) is 47.8 Å². The van der Waals surface area contributed by atoms with Crippen LogP contribution >= 0.6 is 11.8 Å². The minimum Gasteiger partial charge on any atom is -0.480 e. The van der Waals surface area contributed by atoms with Crippen molar-refractivity contribution in [1.82, 2.24) is 10.3 Å². The third kappa shape index (κ3) is 3.10. The number of pyridine rings is 1. The monoisotopic (exact) mass is 326 g/mol. The minimum absolute atomic E-state index is 0.795. The van der Waals surface area contributed by atoms with Crippen LogP contribution < -0.4 is 5.32 Å². The molecule has 0 radical (unpaired) electrons. The van der Waals surface area contributed by atoms with E-state index in [9.17, 15) is 9.90 Å². The first kappa shape index (κ1) is 15.6. The molecule has 0 atom stereocenters. The highest BCUT2D eigenvalue weighted by atomic mass is 32.2. The number of aliphatic carboxylic acids is 1. The van der Waals surface area contributed by atoms with Gasteiger partial charge in [-0.1, -0.05) is 18.2 Å². The molecule has 1 aromatic carbocycles. The molecule has 0 bridgehead atoms. The molecule has 0 spiro atoms. The predicted molar refractivity (Wildman–Crippen MR) is 93.1 cm³/mol. The minimum atomic E-state index is -0.900. The molecule has 23 heavy (non-hydrogen) atoms. The molecular formula is C18H18N2O2S. The van der Waals surface area contributed by atoms with E-state index in [0.717, 1.165) is 28.1 Å². The summed E-state index contributed by atoms with van der Waals surface area (Å²) >= 11 is 1.35. The van der Waals surface area contributed by atoms with Gasteiger partial charge in [-0.05, 0) is 48.9 Å². The molecule has 1 aromatic heterocycles. The lowest BCUT2D eigenvalue weighted by molar-refractivity contribution is -0.138. The van der Waals surface area contributed by atoms with E-state index < -0.39 is 10.7 Å². The number of hydrogen-bond acceptors (Lipinski definition) is 4. The fourth-order valence-corrected chi connectivity index (χ4v) is 3.54. The summed E-state index contributed by atoms with van der Waals surface area (Å²) in [7, 11) is 0. The van der Waals surface area contributed by atoms with Crippen molar-refractivity contribution >= 4 is 23.8 Å². The van der Waals surface area contributed by atoms with E-state index in [4.69, 9.17) is 0 Å². The number of aromatic nitrogens is 1. The maximum atomic E-state index is 11.4. The number of carboxylic acid groups (broad SMARTS) is 1. The smallest absolute Gasteiger partial charge is 0.319 e. The van der Waals surface area contributed by atoms with Crippen molar-refractivity contribution in [3.05, 3.63) is 54.0 Å². The van der Waals surface area contributed by atoms with Crippen molar-refractivity contribution in [1.29, 1.82) is 0 Å². The lowest BCUT2D eigenvalue weighted by Crippen LogP contribution is -2.27. The molecule has 0 saturated carbocycles. The standard InChI is InChI=1S/C18H18N2O2S/c1-18(2,17(21)22)23-16-7-9-20-11-15(16)14-5-3-4-12-10-19-8-6-13(12)14/h3-9,11,19H,10H2,1-2H3,(H,21,22). The van der Waals surface area contributed by atoms with Gasteiger partial charge in [0.25, 0.3) is 0 Å². The predicted octanol–water partition coefficient (Wildman–Crippen LogP) is 3.78. The Hall–Kier alpha value is -2.27. The van der Waals surface area contributed by atoms with Gasteiger partial charge >= 0.3 is 5.97 Å². The first-order chi connectivity index (χ1) is 11.0. The summed E-state index contributed by atoms with van der Waals surface area (Å²) in [5, 5.41) is 12.6. The van der Waals surface area contributed by atoms with Gasteiger partial charge in [0.15, 0.2) is 0 Å². The van der Waals surface area contributed by atoms with Gasteiger partial charge in [-0.25, -0.2) is 0 Å². The number of nitrogens with zero attached hydrogens (tertiary/aromatic N) is 1. The zero-order valence-electron chi connectivity index (χ0n) is 13.0. The molecule has 5 heteroatoms. The van der Waals surface area contributed by atoms with Gasteiger partial charge in [-0.15, -0.1) is 11.8 Å². The zero-order valence-corrected chi connectivity index (χ0v) is 13.9. The van der Waals surface area contributed by atoms with Crippen LogP contribution in [0.25, 0.3) is 17.2 Å². The van der Waals surface area contributed by atoms with Crippen molar-refractivity contribution in [2.45, 2.75) is 30.0 Å². The van der Waals surface area contributed by atoms with Crippen molar-refractivity contribution in [3.8, 4) is 11.1 Å². The molecule has 0 fully saturated rings. The van der Waals surface area contributed by atoms with E-state index >= 15 is 0 Å². The van der Waals surface area contributed by atoms with Crippen LogP contribution in [-0.4, -0.2) is 20.8 Å². The SMILES string of the molecule is CC(C)(Sc1ccncc1-c1cccc2c1C=CNC2)C(=O)O. The first-order valence-electron chi connectivity index (χ1n) is 7.37. The molecule has 0 aliphatic carbocycles. The summed E-state index contributed by atoms with van der Waals surface area (Å²) < 4.78 is -0.900. The zero-order chi connectivity index (χ0) is 16.4. The molecule has 118 valence electrons. The Morgan fingerprint density at radius 2 is 2.13 bits per heavy atom. The third-order valence-corrected chi connectivity index (χ3v) is 5.07. The molecule has 2 heterocycles. The molecule has 1 aliphatic heterocycles. The lowest BCUT2D eigenvalue weighted by Gasteiger charge is -2.22. The Labute approximate surface area is 139 Å². The van der Waals surface area contributed by atoms with Crippen molar-refractivity contribution in [2.24, 2.45) is 0 Å². The van der Waals surface area contributed by atoms with Crippen LogP contribution in [0.3, 0.4) is 0 Å². The average molecular weight is 326 g/mol. The summed E-state index contributed by atoms with van der Waals surface area (Å²) in [6.45, 7) is 4.23. The number of carbonyl (C=O) groups is 1. The summed E-state index contributed by atoms with van der Waals surface area (Å²) in [6, 6.07) is 8.07. The maximum Gasteiger partial charge on any atom is 0.319 e. The van der Waals surface area contributed by atoms with E-state index in [2.05, 4.69) is 28.5 Å². The van der Waals surface area contributed by atoms with Crippen LogP contribution in [0.1, 0.15) is 25.0 Å². The fraction of sp³-hybridized carbons (Fsp3) is 0.222. The molecule has 0 saturated heterocycles. The third-order valence-electron chi connectivity index (χ3n) is 3.81. The molecule has 4 nitrogen and oxygen atoms in total. The highest BCUT2D eigenvalue weighted by molar-refractivity contribution is 8.01. The summed E-state index contributed by atoms with van der Waals surface area (Å²) in [4.78, 5) is 16.6. The van der Waals surface area contributed by atoms with Gasteiger partial charge in [-0.2, -0.15) is 0 Å². The second-order valence-electron chi connectivity index (χ2n) is 5.88. The van der Waals surface area contributed by atoms with Crippen LogP contribution in [0.2, 0.25) is 0 Å². The molecule has 2 N–H and O–H groups in total. The highest BCUT2D eigenvalue weighted by Crippen LogP contribution is 2.40. The van der Waals surface area contributed by atoms with Gasteiger partial charge in [0.2, 0.25) is 0 Å². The van der Waals surface area contributed by atoms with E-state index in [0.29, 0.717) is 0 Å². The van der Waals surface area contributed by atoms with Gasteiger partial charge < -0.3 is 10.4 Å².